The Kier molecular flexibility index (Phi) is 6.03. The lowest BCUT2D eigenvalue weighted by Gasteiger charge is -2.36. The van der Waals surface area contributed by atoms with Gasteiger partial charge >= 0.3 is 0 Å². The summed E-state index contributed by atoms with van der Waals surface area (Å²) in [5.41, 5.74) is 1.15. The molecule has 1 fully saturated rings. The molecule has 0 radical (unpaired) electrons. The van der Waals surface area contributed by atoms with Crippen molar-refractivity contribution in [2.75, 3.05) is 13.1 Å². The SMILES string of the molecule is CC1CN(Cc2csc(Cl)c2Cl)CC(C)N1.Cl. The Balaban J connectivity index is 0.00000144. The number of rotatable bonds is 2. The van der Waals surface area contributed by atoms with E-state index < -0.39 is 0 Å². The van der Waals surface area contributed by atoms with Crippen molar-refractivity contribution in [1.82, 2.24) is 10.2 Å². The van der Waals surface area contributed by atoms with Gasteiger partial charge in [-0.1, -0.05) is 23.2 Å². The van der Waals surface area contributed by atoms with Crippen molar-refractivity contribution in [3.63, 3.8) is 0 Å². The molecule has 2 nitrogen and oxygen atoms in total. The van der Waals surface area contributed by atoms with Crippen molar-refractivity contribution in [1.29, 1.82) is 0 Å². The van der Waals surface area contributed by atoms with Crippen LogP contribution in [0.3, 0.4) is 0 Å². The van der Waals surface area contributed by atoms with Crippen LogP contribution in [-0.4, -0.2) is 30.1 Å². The Bertz CT molecular complexity index is 360. The first-order chi connectivity index (χ1) is 7.56. The van der Waals surface area contributed by atoms with E-state index in [1.54, 1.807) is 0 Å². The highest BCUT2D eigenvalue weighted by molar-refractivity contribution is 7.15. The number of hydrogen-bond donors (Lipinski definition) is 1. The van der Waals surface area contributed by atoms with E-state index in [9.17, 15) is 0 Å². The standard InChI is InChI=1S/C11H16Cl2N2S.ClH/c1-7-3-15(4-8(2)14-7)5-9-6-16-11(13)10(9)12;/h6-8,14H,3-5H2,1-2H3;1H. The molecule has 2 heterocycles. The predicted octanol–water partition coefficient (Wildman–Crippen LogP) is 3.66. The third-order valence-electron chi connectivity index (χ3n) is 2.79. The van der Waals surface area contributed by atoms with Gasteiger partial charge in [-0.2, -0.15) is 0 Å². The molecule has 2 atom stereocenters. The largest absolute Gasteiger partial charge is 0.309 e. The molecule has 2 rings (SSSR count). The van der Waals surface area contributed by atoms with Crippen molar-refractivity contribution < 1.29 is 0 Å². The number of halogens is 3. The maximum absolute atomic E-state index is 6.14. The van der Waals surface area contributed by atoms with E-state index in [1.165, 1.54) is 11.3 Å². The molecule has 1 aliphatic heterocycles. The summed E-state index contributed by atoms with van der Waals surface area (Å²) in [6.07, 6.45) is 0. The topological polar surface area (TPSA) is 15.3 Å². The Hall–Kier alpha value is 0.490. The lowest BCUT2D eigenvalue weighted by atomic mass is 10.1. The summed E-state index contributed by atoms with van der Waals surface area (Å²) in [5, 5.41) is 6.30. The second kappa shape index (κ2) is 6.60. The summed E-state index contributed by atoms with van der Waals surface area (Å²) in [4.78, 5) is 2.43. The number of nitrogens with one attached hydrogen (secondary N) is 1. The second-order valence-electron chi connectivity index (χ2n) is 4.51. The van der Waals surface area contributed by atoms with Crippen LogP contribution in [0.2, 0.25) is 9.36 Å². The highest BCUT2D eigenvalue weighted by Gasteiger charge is 2.22. The molecule has 0 aliphatic carbocycles. The zero-order valence-corrected chi connectivity index (χ0v) is 13.0. The summed E-state index contributed by atoms with van der Waals surface area (Å²) < 4.78 is 0.702. The predicted molar refractivity (Wildman–Crippen MR) is 78.9 cm³/mol. The maximum Gasteiger partial charge on any atom is 0.112 e. The molecule has 1 N–H and O–H groups in total. The molecule has 1 aromatic heterocycles. The van der Waals surface area contributed by atoms with Crippen LogP contribution >= 0.6 is 46.9 Å². The Morgan fingerprint density at radius 2 is 1.94 bits per heavy atom. The third kappa shape index (κ3) is 3.98. The summed E-state index contributed by atoms with van der Waals surface area (Å²) in [6.45, 7) is 7.45. The molecule has 98 valence electrons. The monoisotopic (exact) mass is 314 g/mol. The van der Waals surface area contributed by atoms with E-state index in [2.05, 4.69) is 29.4 Å². The van der Waals surface area contributed by atoms with Gasteiger partial charge in [0.1, 0.15) is 4.34 Å². The van der Waals surface area contributed by atoms with E-state index in [-0.39, 0.29) is 12.4 Å². The van der Waals surface area contributed by atoms with Gasteiger partial charge in [0.2, 0.25) is 0 Å². The van der Waals surface area contributed by atoms with Gasteiger partial charge in [0.05, 0.1) is 5.02 Å². The number of thiophene rings is 1. The average Bonchev–Trinajstić information content (AvgIpc) is 2.48. The van der Waals surface area contributed by atoms with Gasteiger partial charge in [0, 0.05) is 31.7 Å². The molecule has 0 amide bonds. The van der Waals surface area contributed by atoms with Gasteiger partial charge in [0.15, 0.2) is 0 Å². The highest BCUT2D eigenvalue weighted by atomic mass is 35.5. The van der Waals surface area contributed by atoms with Crippen molar-refractivity contribution in [2.24, 2.45) is 0 Å². The van der Waals surface area contributed by atoms with E-state index >= 15 is 0 Å². The van der Waals surface area contributed by atoms with Gasteiger partial charge in [-0.3, -0.25) is 4.90 Å². The molecule has 1 aromatic rings. The fourth-order valence-electron chi connectivity index (χ4n) is 2.27. The minimum absolute atomic E-state index is 0. The van der Waals surface area contributed by atoms with Crippen molar-refractivity contribution in [3.05, 3.63) is 20.3 Å². The quantitative estimate of drug-likeness (QED) is 0.896. The van der Waals surface area contributed by atoms with E-state index in [0.29, 0.717) is 16.4 Å². The fraction of sp³-hybridized carbons (Fsp3) is 0.636. The number of piperazine rings is 1. The zero-order chi connectivity index (χ0) is 11.7. The van der Waals surface area contributed by atoms with Crippen molar-refractivity contribution >= 4 is 46.9 Å². The van der Waals surface area contributed by atoms with Crippen molar-refractivity contribution in [2.45, 2.75) is 32.5 Å². The van der Waals surface area contributed by atoms with Crippen LogP contribution in [0.25, 0.3) is 0 Å². The molecule has 1 saturated heterocycles. The molecule has 6 heteroatoms. The smallest absolute Gasteiger partial charge is 0.112 e. The summed E-state index contributed by atoms with van der Waals surface area (Å²) in [6, 6.07) is 1.08. The van der Waals surface area contributed by atoms with E-state index in [1.807, 2.05) is 0 Å². The fourth-order valence-corrected chi connectivity index (χ4v) is 3.51. The van der Waals surface area contributed by atoms with Crippen LogP contribution in [0.1, 0.15) is 19.4 Å². The van der Waals surface area contributed by atoms with E-state index in [4.69, 9.17) is 23.2 Å². The van der Waals surface area contributed by atoms with Crippen LogP contribution in [0.5, 0.6) is 0 Å². The zero-order valence-electron chi connectivity index (χ0n) is 9.87. The summed E-state index contributed by atoms with van der Waals surface area (Å²) >= 11 is 13.6. The van der Waals surface area contributed by atoms with Crippen LogP contribution in [0.4, 0.5) is 0 Å². The first kappa shape index (κ1) is 15.5. The Morgan fingerprint density at radius 1 is 1.35 bits per heavy atom. The van der Waals surface area contributed by atoms with Gasteiger partial charge < -0.3 is 5.32 Å². The van der Waals surface area contributed by atoms with Gasteiger partial charge in [-0.25, -0.2) is 0 Å². The van der Waals surface area contributed by atoms with Crippen molar-refractivity contribution in [3.8, 4) is 0 Å². The lowest BCUT2D eigenvalue weighted by Crippen LogP contribution is -2.53. The molecule has 2 unspecified atom stereocenters. The number of nitrogens with zero attached hydrogens (tertiary/aromatic N) is 1. The normalized spacial score (nSPS) is 25.6. The molecular formula is C11H17Cl3N2S. The summed E-state index contributed by atoms with van der Waals surface area (Å²) in [5.74, 6) is 0. The molecule has 0 aromatic carbocycles. The molecule has 0 spiro atoms. The molecule has 0 saturated carbocycles. The Labute approximate surface area is 123 Å². The minimum atomic E-state index is 0. The molecule has 17 heavy (non-hydrogen) atoms. The highest BCUT2D eigenvalue weighted by Crippen LogP contribution is 2.33. The number of hydrogen-bond acceptors (Lipinski definition) is 3. The minimum Gasteiger partial charge on any atom is -0.309 e. The van der Waals surface area contributed by atoms with Gasteiger partial charge in [-0.15, -0.1) is 23.7 Å². The van der Waals surface area contributed by atoms with Gasteiger partial charge in [0.25, 0.3) is 0 Å². The third-order valence-corrected chi connectivity index (χ3v) is 4.70. The summed E-state index contributed by atoms with van der Waals surface area (Å²) in [7, 11) is 0. The van der Waals surface area contributed by atoms with E-state index in [0.717, 1.165) is 30.2 Å². The van der Waals surface area contributed by atoms with Gasteiger partial charge in [-0.05, 0) is 24.8 Å². The molecule has 1 aliphatic rings. The second-order valence-corrected chi connectivity index (χ2v) is 6.37. The Morgan fingerprint density at radius 3 is 2.41 bits per heavy atom. The first-order valence-electron chi connectivity index (χ1n) is 5.46. The van der Waals surface area contributed by atoms with Crippen LogP contribution < -0.4 is 5.32 Å². The molecule has 0 bridgehead atoms. The first-order valence-corrected chi connectivity index (χ1v) is 7.09. The maximum atomic E-state index is 6.14. The molecular weight excluding hydrogens is 299 g/mol. The van der Waals surface area contributed by atoms with Crippen LogP contribution in [0.15, 0.2) is 5.38 Å². The average molecular weight is 316 g/mol. The van der Waals surface area contributed by atoms with Crippen LogP contribution in [-0.2, 0) is 6.54 Å². The van der Waals surface area contributed by atoms with Crippen LogP contribution in [0, 0.1) is 0 Å². The lowest BCUT2D eigenvalue weighted by molar-refractivity contribution is 0.167.